The second-order valence-electron chi connectivity index (χ2n) is 6.56. The maximum absolute atomic E-state index is 12.6. The van der Waals surface area contributed by atoms with Crippen molar-refractivity contribution in [1.29, 1.82) is 0 Å². The molecule has 0 bridgehead atoms. The maximum atomic E-state index is 12.6. The average molecular weight is 327 g/mol. The van der Waals surface area contributed by atoms with Crippen LogP contribution in [0.3, 0.4) is 0 Å². The second kappa shape index (κ2) is 4.13. The van der Waals surface area contributed by atoms with Crippen molar-refractivity contribution in [2.24, 2.45) is 0 Å². The summed E-state index contributed by atoms with van der Waals surface area (Å²) in [6, 6.07) is 13.3. The van der Waals surface area contributed by atoms with Crippen molar-refractivity contribution in [2.75, 3.05) is 0 Å². The molecule has 0 saturated heterocycles. The highest BCUT2D eigenvalue weighted by Crippen LogP contribution is 2.42. The Hall–Kier alpha value is -3.47. The zero-order valence-electron chi connectivity index (χ0n) is 13.1. The average Bonchev–Trinajstić information content (AvgIpc) is 3.27. The van der Waals surface area contributed by atoms with E-state index in [1.54, 1.807) is 12.1 Å². The first-order chi connectivity index (χ1) is 12.2. The lowest BCUT2D eigenvalue weighted by Crippen LogP contribution is -2.12. The van der Waals surface area contributed by atoms with Gasteiger partial charge >= 0.3 is 0 Å². The number of H-pyrrole nitrogens is 2. The van der Waals surface area contributed by atoms with Crippen molar-refractivity contribution >= 4 is 49.5 Å². The van der Waals surface area contributed by atoms with Crippen LogP contribution in [0.25, 0.3) is 43.6 Å². The van der Waals surface area contributed by atoms with Crippen LogP contribution >= 0.6 is 0 Å². The number of hydrogen-bond acceptors (Lipinski definition) is 2. The van der Waals surface area contributed by atoms with Crippen molar-refractivity contribution in [3.05, 3.63) is 53.6 Å². The Labute approximate surface area is 141 Å². The van der Waals surface area contributed by atoms with Crippen LogP contribution in [0.4, 0.5) is 0 Å². The third kappa shape index (κ3) is 1.46. The van der Waals surface area contributed by atoms with Crippen LogP contribution in [0.2, 0.25) is 0 Å². The number of phenolic OH excluding ortho intramolecular Hbond substituents is 1. The molecule has 1 aliphatic heterocycles. The molecule has 0 radical (unpaired) electrons. The molecular formula is C20H13N3O2. The fourth-order valence-electron chi connectivity index (χ4n) is 4.24. The number of fused-ring (bicyclic) bond motifs is 10. The highest BCUT2D eigenvalue weighted by atomic mass is 16.3. The molecule has 5 heteroatoms. The van der Waals surface area contributed by atoms with E-state index >= 15 is 0 Å². The molecule has 0 fully saturated rings. The number of aromatic hydroxyl groups is 1. The number of carbonyl (C=O) groups excluding carboxylic acids is 1. The Morgan fingerprint density at radius 3 is 2.56 bits per heavy atom. The first kappa shape index (κ1) is 12.9. The van der Waals surface area contributed by atoms with Gasteiger partial charge in [0, 0.05) is 39.7 Å². The fourth-order valence-corrected chi connectivity index (χ4v) is 4.24. The zero-order chi connectivity index (χ0) is 16.7. The first-order valence-corrected chi connectivity index (χ1v) is 8.20. The summed E-state index contributed by atoms with van der Waals surface area (Å²) >= 11 is 0. The molecule has 3 aromatic carbocycles. The van der Waals surface area contributed by atoms with Crippen LogP contribution < -0.4 is 5.32 Å². The molecule has 120 valence electrons. The quantitative estimate of drug-likeness (QED) is 0.348. The number of nitrogens with one attached hydrogen (secondary N) is 3. The predicted octanol–water partition coefficient (Wildman–Crippen LogP) is 3.90. The summed E-state index contributed by atoms with van der Waals surface area (Å²) in [6.07, 6.45) is 0. The van der Waals surface area contributed by atoms with Crippen LogP contribution in [0.5, 0.6) is 5.75 Å². The van der Waals surface area contributed by atoms with Gasteiger partial charge < -0.3 is 20.4 Å². The standard InChI is InChI=1S/C20H13N3O2/c24-9-5-6-11-14(7-9)23-18-15(11)12-8-21-20(25)17(12)16-10-3-1-2-4-13(10)22-19(16)18/h1-7,22-24H,8H2,(H,21,25). The first-order valence-electron chi connectivity index (χ1n) is 8.20. The molecule has 1 amide bonds. The molecule has 5 aromatic rings. The largest absolute Gasteiger partial charge is 0.508 e. The Morgan fingerprint density at radius 2 is 1.64 bits per heavy atom. The number of benzene rings is 3. The molecule has 2 aromatic heterocycles. The number of carbonyl (C=O) groups is 1. The van der Waals surface area contributed by atoms with Gasteiger partial charge in [-0.1, -0.05) is 18.2 Å². The second-order valence-corrected chi connectivity index (χ2v) is 6.56. The van der Waals surface area contributed by atoms with E-state index in [0.717, 1.165) is 54.7 Å². The van der Waals surface area contributed by atoms with Gasteiger partial charge in [-0.05, 0) is 23.8 Å². The molecule has 0 saturated carbocycles. The smallest absolute Gasteiger partial charge is 0.252 e. The summed E-state index contributed by atoms with van der Waals surface area (Å²) in [4.78, 5) is 19.5. The SMILES string of the molecule is O=C1NCc2c1c1c3ccccc3[nH]c1c1[nH]c3cc(O)ccc3c21. The summed E-state index contributed by atoms with van der Waals surface area (Å²) in [5.41, 5.74) is 5.56. The number of para-hydroxylation sites is 1. The topological polar surface area (TPSA) is 80.9 Å². The summed E-state index contributed by atoms with van der Waals surface area (Å²) in [5, 5.41) is 16.9. The van der Waals surface area contributed by atoms with E-state index in [0.29, 0.717) is 6.54 Å². The number of aromatic nitrogens is 2. The minimum Gasteiger partial charge on any atom is -0.508 e. The lowest BCUT2D eigenvalue weighted by atomic mass is 9.97. The van der Waals surface area contributed by atoms with Crippen LogP contribution in [-0.2, 0) is 6.54 Å². The van der Waals surface area contributed by atoms with Gasteiger partial charge in [0.05, 0.1) is 22.1 Å². The molecule has 0 unspecified atom stereocenters. The molecule has 25 heavy (non-hydrogen) atoms. The van der Waals surface area contributed by atoms with Gasteiger partial charge in [0.2, 0.25) is 0 Å². The minimum atomic E-state index is -0.0280. The molecule has 3 heterocycles. The van der Waals surface area contributed by atoms with Crippen molar-refractivity contribution in [2.45, 2.75) is 6.54 Å². The molecule has 0 aliphatic carbocycles. The third-order valence-electron chi connectivity index (χ3n) is 5.24. The molecule has 4 N–H and O–H groups in total. The Bertz CT molecular complexity index is 1370. The van der Waals surface area contributed by atoms with Crippen LogP contribution in [0.15, 0.2) is 42.5 Å². The fraction of sp³-hybridized carbons (Fsp3) is 0.0500. The van der Waals surface area contributed by atoms with Crippen molar-refractivity contribution in [1.82, 2.24) is 15.3 Å². The summed E-state index contributed by atoms with van der Waals surface area (Å²) in [5.74, 6) is 0.192. The number of hydrogen-bond donors (Lipinski definition) is 4. The normalized spacial score (nSPS) is 14.0. The van der Waals surface area contributed by atoms with Crippen molar-refractivity contribution in [3.8, 4) is 5.75 Å². The van der Waals surface area contributed by atoms with Crippen LogP contribution in [0, 0.1) is 0 Å². The molecule has 0 spiro atoms. The maximum Gasteiger partial charge on any atom is 0.252 e. The van der Waals surface area contributed by atoms with Gasteiger partial charge in [0.15, 0.2) is 0 Å². The minimum absolute atomic E-state index is 0.0280. The molecule has 1 aliphatic rings. The molecule has 6 rings (SSSR count). The Kier molecular flexibility index (Phi) is 2.13. The number of amides is 1. The van der Waals surface area contributed by atoms with E-state index in [1.165, 1.54) is 0 Å². The van der Waals surface area contributed by atoms with Crippen LogP contribution in [0.1, 0.15) is 15.9 Å². The van der Waals surface area contributed by atoms with Gasteiger partial charge in [0.25, 0.3) is 5.91 Å². The molecule has 0 atom stereocenters. The lowest BCUT2D eigenvalue weighted by molar-refractivity contribution is 0.0967. The van der Waals surface area contributed by atoms with E-state index in [2.05, 4.69) is 15.3 Å². The third-order valence-corrected chi connectivity index (χ3v) is 5.24. The van der Waals surface area contributed by atoms with E-state index in [-0.39, 0.29) is 11.7 Å². The summed E-state index contributed by atoms with van der Waals surface area (Å²) < 4.78 is 0. The van der Waals surface area contributed by atoms with Crippen molar-refractivity contribution in [3.63, 3.8) is 0 Å². The number of rotatable bonds is 0. The van der Waals surface area contributed by atoms with Gasteiger partial charge in [-0.3, -0.25) is 4.79 Å². The Balaban J connectivity index is 1.98. The van der Waals surface area contributed by atoms with Crippen molar-refractivity contribution < 1.29 is 9.90 Å². The monoisotopic (exact) mass is 327 g/mol. The Morgan fingerprint density at radius 1 is 0.880 bits per heavy atom. The van der Waals surface area contributed by atoms with Gasteiger partial charge in [0.1, 0.15) is 5.75 Å². The molecular weight excluding hydrogens is 314 g/mol. The highest BCUT2D eigenvalue weighted by molar-refractivity contribution is 6.30. The highest BCUT2D eigenvalue weighted by Gasteiger charge is 2.29. The zero-order valence-corrected chi connectivity index (χ0v) is 13.1. The van der Waals surface area contributed by atoms with E-state index < -0.39 is 0 Å². The van der Waals surface area contributed by atoms with E-state index in [1.807, 2.05) is 30.3 Å². The van der Waals surface area contributed by atoms with E-state index in [4.69, 9.17) is 0 Å². The number of phenols is 1. The van der Waals surface area contributed by atoms with Crippen LogP contribution in [-0.4, -0.2) is 21.0 Å². The molecule has 5 nitrogen and oxygen atoms in total. The predicted molar refractivity (Wildman–Crippen MR) is 98.0 cm³/mol. The van der Waals surface area contributed by atoms with Gasteiger partial charge in [-0.15, -0.1) is 0 Å². The summed E-state index contributed by atoms with van der Waals surface area (Å²) in [6.45, 7) is 0.522. The van der Waals surface area contributed by atoms with E-state index in [9.17, 15) is 9.90 Å². The van der Waals surface area contributed by atoms with Gasteiger partial charge in [-0.25, -0.2) is 0 Å². The summed E-state index contributed by atoms with van der Waals surface area (Å²) in [7, 11) is 0. The van der Waals surface area contributed by atoms with Gasteiger partial charge in [-0.2, -0.15) is 0 Å². The lowest BCUT2D eigenvalue weighted by Gasteiger charge is -2.03. The number of aromatic amines is 2.